The van der Waals surface area contributed by atoms with E-state index in [1.807, 2.05) is 0 Å². The van der Waals surface area contributed by atoms with Crippen LogP contribution in [0.4, 0.5) is 0 Å². The zero-order valence-corrected chi connectivity index (χ0v) is 13.3. The van der Waals surface area contributed by atoms with Gasteiger partial charge in [-0.2, -0.15) is 0 Å². The quantitative estimate of drug-likeness (QED) is 0.748. The van der Waals surface area contributed by atoms with Crippen LogP contribution in [0.25, 0.3) is 0 Å². The molecule has 0 amide bonds. The largest absolute Gasteiger partial charge is 0.473 e. The third kappa shape index (κ3) is 3.35. The van der Waals surface area contributed by atoms with E-state index in [0.29, 0.717) is 26.8 Å². The van der Waals surface area contributed by atoms with Crippen LogP contribution in [0.2, 0.25) is 5.15 Å². The molecule has 0 aromatic carbocycles. The van der Waals surface area contributed by atoms with Gasteiger partial charge in [-0.05, 0) is 46.5 Å². The van der Waals surface area contributed by atoms with Crippen LogP contribution in [-0.4, -0.2) is 16.1 Å². The fraction of sp³-hybridized carbons (Fsp3) is 0.692. The Hall–Kier alpha value is -0.350. The molecule has 0 spiro atoms. The van der Waals surface area contributed by atoms with Gasteiger partial charge in [0.25, 0.3) is 0 Å². The Morgan fingerprint density at radius 3 is 2.78 bits per heavy atom. The summed E-state index contributed by atoms with van der Waals surface area (Å²) in [7, 11) is 0. The van der Waals surface area contributed by atoms with Crippen LogP contribution in [0.5, 0.6) is 5.88 Å². The molecule has 18 heavy (non-hydrogen) atoms. The maximum absolute atomic E-state index is 5.99. The third-order valence-electron chi connectivity index (χ3n) is 3.34. The van der Waals surface area contributed by atoms with Gasteiger partial charge in [-0.25, -0.2) is 9.97 Å². The molecule has 1 saturated carbocycles. The van der Waals surface area contributed by atoms with Gasteiger partial charge >= 0.3 is 0 Å². The van der Waals surface area contributed by atoms with E-state index in [9.17, 15) is 0 Å². The van der Waals surface area contributed by atoms with Gasteiger partial charge in [-0.3, -0.25) is 0 Å². The number of rotatable bonds is 2. The average molecular weight is 334 g/mol. The maximum atomic E-state index is 5.99. The van der Waals surface area contributed by atoms with Gasteiger partial charge in [0.1, 0.15) is 16.9 Å². The van der Waals surface area contributed by atoms with Crippen molar-refractivity contribution in [3.8, 4) is 5.88 Å². The van der Waals surface area contributed by atoms with Crippen LogP contribution in [0.15, 0.2) is 10.8 Å². The van der Waals surface area contributed by atoms with Crippen molar-refractivity contribution in [2.45, 2.75) is 46.1 Å². The van der Waals surface area contributed by atoms with Crippen molar-refractivity contribution >= 4 is 27.5 Å². The summed E-state index contributed by atoms with van der Waals surface area (Å²) in [5.41, 5.74) is 0.325. The van der Waals surface area contributed by atoms with E-state index in [1.165, 1.54) is 12.7 Å². The van der Waals surface area contributed by atoms with Crippen molar-refractivity contribution in [1.82, 2.24) is 9.97 Å². The number of hydrogen-bond acceptors (Lipinski definition) is 3. The lowest BCUT2D eigenvalue weighted by atomic mass is 9.71. The second-order valence-corrected chi connectivity index (χ2v) is 7.09. The standard InChI is InChI=1S/C13H18BrClN2O/c1-8-4-9(6-13(2,3)5-8)18-12-10(14)11(15)16-7-17-12/h7-9H,4-6H2,1-3H3. The summed E-state index contributed by atoms with van der Waals surface area (Å²) in [6.45, 7) is 6.86. The fourth-order valence-corrected chi connectivity index (χ4v) is 3.34. The molecule has 1 fully saturated rings. The van der Waals surface area contributed by atoms with Crippen LogP contribution < -0.4 is 4.74 Å². The van der Waals surface area contributed by atoms with E-state index in [4.69, 9.17) is 16.3 Å². The molecule has 5 heteroatoms. The zero-order valence-electron chi connectivity index (χ0n) is 10.9. The highest BCUT2D eigenvalue weighted by Gasteiger charge is 2.33. The SMILES string of the molecule is CC1CC(Oc2ncnc(Cl)c2Br)CC(C)(C)C1. The molecular weight excluding hydrogens is 316 g/mol. The van der Waals surface area contributed by atoms with Gasteiger partial charge in [-0.1, -0.05) is 32.4 Å². The van der Waals surface area contributed by atoms with Gasteiger partial charge in [-0.15, -0.1) is 0 Å². The minimum Gasteiger partial charge on any atom is -0.473 e. The number of nitrogens with zero attached hydrogens (tertiary/aromatic N) is 2. The third-order valence-corrected chi connectivity index (χ3v) is 4.57. The van der Waals surface area contributed by atoms with Gasteiger partial charge in [0.15, 0.2) is 5.15 Å². The molecule has 1 aromatic rings. The van der Waals surface area contributed by atoms with Crippen LogP contribution in [0, 0.1) is 11.3 Å². The van der Waals surface area contributed by atoms with Crippen molar-refractivity contribution in [2.75, 3.05) is 0 Å². The minimum atomic E-state index is 0.200. The Labute approximate surface area is 121 Å². The summed E-state index contributed by atoms with van der Waals surface area (Å²) in [5, 5.41) is 0.392. The van der Waals surface area contributed by atoms with E-state index < -0.39 is 0 Å². The van der Waals surface area contributed by atoms with E-state index >= 15 is 0 Å². The number of aromatic nitrogens is 2. The molecule has 2 rings (SSSR count). The lowest BCUT2D eigenvalue weighted by Crippen LogP contribution is -2.34. The Morgan fingerprint density at radius 2 is 2.11 bits per heavy atom. The lowest BCUT2D eigenvalue weighted by molar-refractivity contribution is 0.0526. The Morgan fingerprint density at radius 1 is 1.39 bits per heavy atom. The molecule has 0 saturated heterocycles. The first-order valence-electron chi connectivity index (χ1n) is 6.20. The molecule has 0 radical (unpaired) electrons. The Kier molecular flexibility index (Phi) is 4.17. The predicted molar refractivity (Wildman–Crippen MR) is 76.0 cm³/mol. The molecular formula is C13H18BrClN2O. The molecule has 2 atom stereocenters. The van der Waals surface area contributed by atoms with E-state index in [2.05, 4.69) is 46.7 Å². The van der Waals surface area contributed by atoms with Crippen LogP contribution >= 0.6 is 27.5 Å². The first-order chi connectivity index (χ1) is 8.37. The highest BCUT2D eigenvalue weighted by Crippen LogP contribution is 2.40. The highest BCUT2D eigenvalue weighted by atomic mass is 79.9. The van der Waals surface area contributed by atoms with Crippen molar-refractivity contribution in [1.29, 1.82) is 0 Å². The molecule has 0 bridgehead atoms. The van der Waals surface area contributed by atoms with Crippen molar-refractivity contribution < 1.29 is 4.74 Å². The normalized spacial score (nSPS) is 26.9. The van der Waals surface area contributed by atoms with Crippen LogP contribution in [0.3, 0.4) is 0 Å². The fourth-order valence-electron chi connectivity index (χ4n) is 2.92. The summed E-state index contributed by atoms with van der Waals surface area (Å²) in [4.78, 5) is 8.04. The Balaban J connectivity index is 2.11. The molecule has 1 aliphatic carbocycles. The van der Waals surface area contributed by atoms with E-state index in [-0.39, 0.29) is 6.10 Å². The lowest BCUT2D eigenvalue weighted by Gasteiger charge is -2.38. The zero-order chi connectivity index (χ0) is 13.3. The molecule has 2 unspecified atom stereocenters. The molecule has 1 aromatic heterocycles. The molecule has 0 N–H and O–H groups in total. The van der Waals surface area contributed by atoms with Gasteiger partial charge in [0, 0.05) is 0 Å². The summed E-state index contributed by atoms with van der Waals surface area (Å²) in [5.74, 6) is 1.22. The molecule has 1 aliphatic rings. The van der Waals surface area contributed by atoms with E-state index in [0.717, 1.165) is 12.8 Å². The summed E-state index contributed by atoms with van der Waals surface area (Å²) >= 11 is 9.31. The monoisotopic (exact) mass is 332 g/mol. The molecule has 1 heterocycles. The topological polar surface area (TPSA) is 35.0 Å². The molecule has 3 nitrogen and oxygen atoms in total. The summed E-state index contributed by atoms with van der Waals surface area (Å²) in [6, 6.07) is 0. The second kappa shape index (κ2) is 5.33. The van der Waals surface area contributed by atoms with Crippen molar-refractivity contribution in [3.63, 3.8) is 0 Å². The predicted octanol–water partition coefficient (Wildman–Crippen LogP) is 4.49. The number of halogens is 2. The maximum Gasteiger partial charge on any atom is 0.232 e. The summed E-state index contributed by atoms with van der Waals surface area (Å²) in [6.07, 6.45) is 4.99. The summed E-state index contributed by atoms with van der Waals surface area (Å²) < 4.78 is 6.63. The smallest absolute Gasteiger partial charge is 0.232 e. The Bertz CT molecular complexity index is 439. The van der Waals surface area contributed by atoms with E-state index in [1.54, 1.807) is 0 Å². The first-order valence-corrected chi connectivity index (χ1v) is 7.37. The first kappa shape index (κ1) is 14.1. The van der Waals surface area contributed by atoms with Gasteiger partial charge in [0.2, 0.25) is 5.88 Å². The molecule has 100 valence electrons. The average Bonchev–Trinajstić information content (AvgIpc) is 2.22. The van der Waals surface area contributed by atoms with Crippen LogP contribution in [-0.2, 0) is 0 Å². The van der Waals surface area contributed by atoms with Gasteiger partial charge < -0.3 is 4.74 Å². The van der Waals surface area contributed by atoms with Gasteiger partial charge in [0.05, 0.1) is 0 Å². The highest BCUT2D eigenvalue weighted by molar-refractivity contribution is 9.10. The molecule has 0 aliphatic heterocycles. The van der Waals surface area contributed by atoms with Crippen LogP contribution in [0.1, 0.15) is 40.0 Å². The number of hydrogen-bond donors (Lipinski definition) is 0. The second-order valence-electron chi connectivity index (χ2n) is 5.94. The minimum absolute atomic E-state index is 0.200. The number of ether oxygens (including phenoxy) is 1. The van der Waals surface area contributed by atoms with Crippen molar-refractivity contribution in [3.05, 3.63) is 16.0 Å². The van der Waals surface area contributed by atoms with Crippen molar-refractivity contribution in [2.24, 2.45) is 11.3 Å².